The molecule has 0 saturated carbocycles. The fourth-order valence-electron chi connectivity index (χ4n) is 3.26. The molecule has 1 aliphatic heterocycles. The van der Waals surface area contributed by atoms with E-state index < -0.39 is 4.92 Å². The van der Waals surface area contributed by atoms with Gasteiger partial charge in [0.2, 0.25) is 5.65 Å². The zero-order valence-electron chi connectivity index (χ0n) is 14.6. The van der Waals surface area contributed by atoms with Gasteiger partial charge in [-0.1, -0.05) is 27.8 Å². The Balaban J connectivity index is 1.53. The van der Waals surface area contributed by atoms with Crippen LogP contribution in [0, 0.1) is 10.1 Å². The lowest BCUT2D eigenvalue weighted by Gasteiger charge is -2.22. The standard InChI is InChI=1S/C18H18N6O3/c25-18(14-5-2-1-3-6-14)22-10-4-9-21(11-12-22)16-8-7-15-19-13-17(24(26)27)23(15)20-16/h1-3,5-8,13H,4,9-12H2. The van der Waals surface area contributed by atoms with Crippen LogP contribution in [0.5, 0.6) is 0 Å². The first-order valence-corrected chi connectivity index (χ1v) is 8.72. The van der Waals surface area contributed by atoms with Crippen molar-refractivity contribution in [2.75, 3.05) is 31.1 Å². The maximum atomic E-state index is 12.7. The molecule has 9 heteroatoms. The molecule has 138 valence electrons. The van der Waals surface area contributed by atoms with E-state index in [9.17, 15) is 14.9 Å². The second-order valence-electron chi connectivity index (χ2n) is 6.33. The van der Waals surface area contributed by atoms with Crippen molar-refractivity contribution in [1.29, 1.82) is 0 Å². The van der Waals surface area contributed by atoms with Gasteiger partial charge in [-0.2, -0.15) is 0 Å². The van der Waals surface area contributed by atoms with Crippen LogP contribution in [0.15, 0.2) is 48.7 Å². The molecule has 0 spiro atoms. The van der Waals surface area contributed by atoms with Crippen molar-refractivity contribution >= 4 is 23.2 Å². The van der Waals surface area contributed by atoms with Crippen LogP contribution >= 0.6 is 0 Å². The Labute approximate surface area is 155 Å². The largest absolute Gasteiger partial charge is 0.368 e. The molecule has 1 fully saturated rings. The van der Waals surface area contributed by atoms with Crippen LogP contribution in [0.1, 0.15) is 16.8 Å². The molecule has 2 aromatic heterocycles. The van der Waals surface area contributed by atoms with Crippen LogP contribution in [-0.2, 0) is 0 Å². The summed E-state index contributed by atoms with van der Waals surface area (Å²) in [7, 11) is 0. The van der Waals surface area contributed by atoms with Gasteiger partial charge in [-0.05, 0) is 29.5 Å². The predicted octanol–water partition coefficient (Wildman–Crippen LogP) is 1.99. The van der Waals surface area contributed by atoms with Crippen molar-refractivity contribution in [3.8, 4) is 0 Å². The summed E-state index contributed by atoms with van der Waals surface area (Å²) in [6.07, 6.45) is 2.00. The van der Waals surface area contributed by atoms with Crippen molar-refractivity contribution in [3.63, 3.8) is 0 Å². The number of imidazole rings is 1. The summed E-state index contributed by atoms with van der Waals surface area (Å²) in [4.78, 5) is 31.2. The number of anilines is 1. The minimum absolute atomic E-state index is 0.0195. The molecule has 0 unspecified atom stereocenters. The Kier molecular flexibility index (Phi) is 4.41. The smallest absolute Gasteiger partial charge is 0.358 e. The molecule has 9 nitrogen and oxygen atoms in total. The molecule has 0 bridgehead atoms. The molecule has 3 aromatic rings. The molecule has 1 saturated heterocycles. The van der Waals surface area contributed by atoms with Gasteiger partial charge in [0.05, 0.1) is 0 Å². The second-order valence-corrected chi connectivity index (χ2v) is 6.33. The maximum absolute atomic E-state index is 12.7. The van der Waals surface area contributed by atoms with E-state index in [4.69, 9.17) is 0 Å². The maximum Gasteiger partial charge on any atom is 0.368 e. The summed E-state index contributed by atoms with van der Waals surface area (Å²) in [5, 5.41) is 15.5. The van der Waals surface area contributed by atoms with E-state index in [2.05, 4.69) is 10.1 Å². The quantitative estimate of drug-likeness (QED) is 0.519. The van der Waals surface area contributed by atoms with Crippen molar-refractivity contribution in [3.05, 3.63) is 64.3 Å². The van der Waals surface area contributed by atoms with Gasteiger partial charge in [-0.15, -0.1) is 0 Å². The number of carbonyl (C=O) groups is 1. The van der Waals surface area contributed by atoms with Gasteiger partial charge in [0, 0.05) is 37.8 Å². The molecular formula is C18H18N6O3. The third-order valence-electron chi connectivity index (χ3n) is 4.65. The number of nitro groups is 1. The van der Waals surface area contributed by atoms with E-state index in [0.29, 0.717) is 36.7 Å². The monoisotopic (exact) mass is 366 g/mol. The minimum Gasteiger partial charge on any atom is -0.358 e. The Hall–Kier alpha value is -3.49. The van der Waals surface area contributed by atoms with Crippen LogP contribution in [-0.4, -0.2) is 56.5 Å². The topological polar surface area (TPSA) is 96.9 Å². The van der Waals surface area contributed by atoms with Gasteiger partial charge in [0.25, 0.3) is 5.91 Å². The van der Waals surface area contributed by atoms with E-state index in [-0.39, 0.29) is 11.7 Å². The fraction of sp³-hybridized carbons (Fsp3) is 0.278. The van der Waals surface area contributed by atoms with Crippen molar-refractivity contribution in [1.82, 2.24) is 19.5 Å². The number of carbonyl (C=O) groups excluding carboxylic acids is 1. The SMILES string of the molecule is O=C(c1ccccc1)N1CCCN(c2ccc3ncc([N+](=O)[O-])n3n2)CC1. The highest BCUT2D eigenvalue weighted by Crippen LogP contribution is 2.19. The molecule has 0 N–H and O–H groups in total. The third-order valence-corrected chi connectivity index (χ3v) is 4.65. The summed E-state index contributed by atoms with van der Waals surface area (Å²) in [6.45, 7) is 2.57. The van der Waals surface area contributed by atoms with E-state index in [1.807, 2.05) is 40.1 Å². The van der Waals surface area contributed by atoms with Crippen LogP contribution < -0.4 is 4.90 Å². The van der Waals surface area contributed by atoms with Crippen molar-refractivity contribution in [2.24, 2.45) is 0 Å². The van der Waals surface area contributed by atoms with E-state index in [1.165, 1.54) is 10.7 Å². The summed E-state index contributed by atoms with van der Waals surface area (Å²) < 4.78 is 1.24. The number of nitrogens with zero attached hydrogens (tertiary/aromatic N) is 6. The molecule has 0 atom stereocenters. The molecular weight excluding hydrogens is 348 g/mol. The highest BCUT2D eigenvalue weighted by molar-refractivity contribution is 5.94. The Morgan fingerprint density at radius 2 is 1.85 bits per heavy atom. The van der Waals surface area contributed by atoms with E-state index in [1.54, 1.807) is 12.1 Å². The van der Waals surface area contributed by atoms with Gasteiger partial charge >= 0.3 is 5.82 Å². The van der Waals surface area contributed by atoms with E-state index >= 15 is 0 Å². The van der Waals surface area contributed by atoms with Gasteiger partial charge in [-0.3, -0.25) is 4.79 Å². The number of amides is 1. The Morgan fingerprint density at radius 1 is 1.04 bits per heavy atom. The molecule has 0 radical (unpaired) electrons. The van der Waals surface area contributed by atoms with Crippen LogP contribution in [0.25, 0.3) is 5.65 Å². The summed E-state index contributed by atoms with van der Waals surface area (Å²) in [5.41, 5.74) is 1.11. The van der Waals surface area contributed by atoms with Gasteiger partial charge in [-0.25, -0.2) is 4.98 Å². The summed E-state index contributed by atoms with van der Waals surface area (Å²) in [5.74, 6) is 0.492. The van der Waals surface area contributed by atoms with Crippen molar-refractivity contribution in [2.45, 2.75) is 6.42 Å². The molecule has 1 amide bonds. The van der Waals surface area contributed by atoms with Gasteiger partial charge in [0.1, 0.15) is 6.20 Å². The first-order chi connectivity index (χ1) is 13.1. The molecule has 27 heavy (non-hydrogen) atoms. The number of benzene rings is 1. The molecule has 1 aromatic carbocycles. The van der Waals surface area contributed by atoms with Gasteiger partial charge < -0.3 is 19.9 Å². The molecule has 4 rings (SSSR count). The third kappa shape index (κ3) is 3.31. The predicted molar refractivity (Wildman–Crippen MR) is 98.8 cm³/mol. The zero-order chi connectivity index (χ0) is 18.8. The molecule has 0 aliphatic carbocycles. The lowest BCUT2D eigenvalue weighted by Crippen LogP contribution is -2.35. The number of aromatic nitrogens is 3. The van der Waals surface area contributed by atoms with Crippen LogP contribution in [0.2, 0.25) is 0 Å². The first-order valence-electron chi connectivity index (χ1n) is 8.72. The van der Waals surface area contributed by atoms with Crippen LogP contribution in [0.4, 0.5) is 11.6 Å². The summed E-state index contributed by atoms with van der Waals surface area (Å²) >= 11 is 0. The Bertz CT molecular complexity index is 987. The van der Waals surface area contributed by atoms with Crippen LogP contribution in [0.3, 0.4) is 0 Å². The zero-order valence-corrected chi connectivity index (χ0v) is 14.6. The highest BCUT2D eigenvalue weighted by atomic mass is 16.6. The lowest BCUT2D eigenvalue weighted by atomic mass is 10.2. The second kappa shape index (κ2) is 7.02. The minimum atomic E-state index is -0.501. The normalized spacial score (nSPS) is 15.0. The number of rotatable bonds is 3. The first kappa shape index (κ1) is 17.0. The number of fused-ring (bicyclic) bond motifs is 1. The lowest BCUT2D eigenvalue weighted by molar-refractivity contribution is -0.391. The van der Waals surface area contributed by atoms with Gasteiger partial charge in [0.15, 0.2) is 5.82 Å². The van der Waals surface area contributed by atoms with Crippen molar-refractivity contribution < 1.29 is 9.72 Å². The molecule has 1 aliphatic rings. The average molecular weight is 366 g/mol. The number of hydrogen-bond donors (Lipinski definition) is 0. The number of hydrogen-bond acceptors (Lipinski definition) is 6. The average Bonchev–Trinajstić information content (AvgIpc) is 2.97. The molecule has 3 heterocycles. The Morgan fingerprint density at radius 3 is 2.63 bits per heavy atom. The highest BCUT2D eigenvalue weighted by Gasteiger charge is 2.23. The van der Waals surface area contributed by atoms with E-state index in [0.717, 1.165) is 13.0 Å². The fourth-order valence-corrected chi connectivity index (χ4v) is 3.26. The summed E-state index contributed by atoms with van der Waals surface area (Å²) in [6, 6.07) is 12.8.